The molecule has 0 aliphatic heterocycles. The summed E-state index contributed by atoms with van der Waals surface area (Å²) in [6.07, 6.45) is 7.01. The molecular formula is C17H14Br2O. The fourth-order valence-corrected chi connectivity index (χ4v) is 3.45. The van der Waals surface area contributed by atoms with E-state index >= 15 is 0 Å². The highest BCUT2D eigenvalue weighted by Crippen LogP contribution is 2.38. The summed E-state index contributed by atoms with van der Waals surface area (Å²) < 4.78 is 1.37. The topological polar surface area (TPSA) is 20.2 Å². The maximum Gasteiger partial charge on any atom is 0.143 e. The van der Waals surface area contributed by atoms with Crippen LogP contribution in [0.25, 0.3) is 0 Å². The van der Waals surface area contributed by atoms with Crippen molar-refractivity contribution in [3.05, 3.63) is 62.5 Å². The van der Waals surface area contributed by atoms with E-state index in [2.05, 4.69) is 49.9 Å². The summed E-state index contributed by atoms with van der Waals surface area (Å²) in [5.74, 6) is 3.15. The molecule has 0 spiro atoms. The summed E-state index contributed by atoms with van der Waals surface area (Å²) in [4.78, 5) is 0. The first-order valence-electron chi connectivity index (χ1n) is 6.29. The third kappa shape index (κ3) is 3.45. The molecule has 2 aromatic carbocycles. The van der Waals surface area contributed by atoms with Crippen LogP contribution >= 0.6 is 31.9 Å². The second-order valence-electron chi connectivity index (χ2n) is 4.54. The Hall–Kier alpha value is -1.24. The van der Waals surface area contributed by atoms with Crippen LogP contribution in [0.5, 0.6) is 5.75 Å². The zero-order valence-corrected chi connectivity index (χ0v) is 14.0. The number of rotatable bonds is 4. The summed E-state index contributed by atoms with van der Waals surface area (Å²) >= 11 is 6.77. The van der Waals surface area contributed by atoms with Crippen molar-refractivity contribution in [2.45, 2.75) is 18.8 Å². The first kappa shape index (κ1) is 15.2. The van der Waals surface area contributed by atoms with Crippen LogP contribution in [0, 0.1) is 12.3 Å². The smallest absolute Gasteiger partial charge is 0.143 e. The first-order valence-corrected chi connectivity index (χ1v) is 7.88. The third-order valence-electron chi connectivity index (χ3n) is 3.22. The molecule has 0 amide bonds. The second kappa shape index (κ2) is 6.97. The summed E-state index contributed by atoms with van der Waals surface area (Å²) in [5.41, 5.74) is 2.36. The van der Waals surface area contributed by atoms with Gasteiger partial charge in [-0.05, 0) is 61.5 Å². The average Bonchev–Trinajstić information content (AvgIpc) is 2.46. The maximum atomic E-state index is 9.83. The molecule has 0 bridgehead atoms. The van der Waals surface area contributed by atoms with Crippen molar-refractivity contribution in [2.24, 2.45) is 0 Å². The van der Waals surface area contributed by atoms with Gasteiger partial charge in [-0.3, -0.25) is 0 Å². The fourth-order valence-electron chi connectivity index (χ4n) is 2.23. The first-order chi connectivity index (χ1) is 9.63. The minimum Gasteiger partial charge on any atom is -0.506 e. The average molecular weight is 394 g/mol. The zero-order chi connectivity index (χ0) is 14.5. The Morgan fingerprint density at radius 3 is 2.20 bits per heavy atom. The highest BCUT2D eigenvalue weighted by molar-refractivity contribution is 9.11. The molecule has 0 saturated heterocycles. The number of phenolic OH excluding ortho intramolecular Hbond substituents is 1. The normalized spacial score (nSPS) is 11.8. The molecule has 1 N–H and O–H groups in total. The van der Waals surface area contributed by atoms with Crippen LogP contribution in [0.1, 0.15) is 29.9 Å². The maximum absolute atomic E-state index is 9.83. The summed E-state index contributed by atoms with van der Waals surface area (Å²) in [5, 5.41) is 9.83. The Kier molecular flexibility index (Phi) is 5.28. The van der Waals surface area contributed by atoms with Gasteiger partial charge in [0.05, 0.1) is 8.95 Å². The molecule has 0 radical (unpaired) electrons. The second-order valence-corrected chi connectivity index (χ2v) is 6.25. The van der Waals surface area contributed by atoms with Gasteiger partial charge in [0.15, 0.2) is 0 Å². The number of hydrogen-bond donors (Lipinski definition) is 1. The lowest BCUT2D eigenvalue weighted by Gasteiger charge is -2.18. The Morgan fingerprint density at radius 2 is 1.65 bits per heavy atom. The van der Waals surface area contributed by atoms with Crippen molar-refractivity contribution in [1.29, 1.82) is 0 Å². The molecule has 0 fully saturated rings. The molecule has 0 saturated carbocycles. The van der Waals surface area contributed by atoms with E-state index in [0.717, 1.165) is 18.4 Å². The number of phenols is 1. The molecule has 1 unspecified atom stereocenters. The largest absolute Gasteiger partial charge is 0.506 e. The minimum atomic E-state index is 0.220. The van der Waals surface area contributed by atoms with Gasteiger partial charge in [-0.15, -0.1) is 12.3 Å². The third-order valence-corrected chi connectivity index (χ3v) is 4.43. The minimum absolute atomic E-state index is 0.220. The van der Waals surface area contributed by atoms with Crippen LogP contribution in [0.2, 0.25) is 0 Å². The van der Waals surface area contributed by atoms with Crippen molar-refractivity contribution in [1.82, 2.24) is 0 Å². The van der Waals surface area contributed by atoms with Crippen molar-refractivity contribution < 1.29 is 5.11 Å². The number of benzene rings is 2. The molecule has 0 heterocycles. The van der Waals surface area contributed by atoms with E-state index in [4.69, 9.17) is 6.42 Å². The van der Waals surface area contributed by atoms with Crippen LogP contribution < -0.4 is 0 Å². The predicted molar refractivity (Wildman–Crippen MR) is 89.9 cm³/mol. The van der Waals surface area contributed by atoms with Gasteiger partial charge in [0, 0.05) is 12.3 Å². The van der Waals surface area contributed by atoms with Crippen LogP contribution in [0.4, 0.5) is 0 Å². The van der Waals surface area contributed by atoms with Gasteiger partial charge in [0.1, 0.15) is 5.75 Å². The summed E-state index contributed by atoms with van der Waals surface area (Å²) in [6, 6.07) is 14.2. The summed E-state index contributed by atoms with van der Waals surface area (Å²) in [7, 11) is 0. The van der Waals surface area contributed by atoms with Crippen molar-refractivity contribution in [3.8, 4) is 18.1 Å². The lowest BCUT2D eigenvalue weighted by atomic mass is 9.87. The SMILES string of the molecule is C#CCCC(c1ccccc1)c1cc(Br)c(O)c(Br)c1. The molecule has 102 valence electrons. The van der Waals surface area contributed by atoms with Crippen LogP contribution in [0.3, 0.4) is 0 Å². The Balaban J connectivity index is 2.44. The van der Waals surface area contributed by atoms with Crippen molar-refractivity contribution in [2.75, 3.05) is 0 Å². The molecule has 20 heavy (non-hydrogen) atoms. The van der Waals surface area contributed by atoms with E-state index in [1.54, 1.807) is 0 Å². The van der Waals surface area contributed by atoms with Gasteiger partial charge in [-0.25, -0.2) is 0 Å². The van der Waals surface area contributed by atoms with Crippen molar-refractivity contribution in [3.63, 3.8) is 0 Å². The van der Waals surface area contributed by atoms with Gasteiger partial charge in [0.2, 0.25) is 0 Å². The number of hydrogen-bond acceptors (Lipinski definition) is 1. The Bertz CT molecular complexity index is 606. The van der Waals surface area contributed by atoms with E-state index in [1.807, 2.05) is 30.3 Å². The van der Waals surface area contributed by atoms with Crippen LogP contribution in [0.15, 0.2) is 51.4 Å². The van der Waals surface area contributed by atoms with E-state index in [0.29, 0.717) is 8.95 Å². The molecule has 2 aromatic rings. The summed E-state index contributed by atoms with van der Waals surface area (Å²) in [6.45, 7) is 0. The van der Waals surface area contributed by atoms with Gasteiger partial charge in [0.25, 0.3) is 0 Å². The highest BCUT2D eigenvalue weighted by Gasteiger charge is 2.16. The molecule has 1 nitrogen and oxygen atoms in total. The van der Waals surface area contributed by atoms with Gasteiger partial charge < -0.3 is 5.11 Å². The molecule has 0 aromatic heterocycles. The molecule has 0 aliphatic rings. The Labute approximate surface area is 136 Å². The van der Waals surface area contributed by atoms with Crippen molar-refractivity contribution >= 4 is 31.9 Å². The molecular weight excluding hydrogens is 380 g/mol. The molecule has 3 heteroatoms. The molecule has 0 aliphatic carbocycles. The highest BCUT2D eigenvalue weighted by atomic mass is 79.9. The fraction of sp³-hybridized carbons (Fsp3) is 0.176. The number of aromatic hydroxyl groups is 1. The standard InChI is InChI=1S/C17H14Br2O/c1-2-3-9-14(12-7-5-4-6-8-12)13-10-15(18)17(20)16(19)11-13/h1,4-8,10-11,14,20H,3,9H2. The van der Waals surface area contributed by atoms with Crippen LogP contribution in [-0.4, -0.2) is 5.11 Å². The quantitative estimate of drug-likeness (QED) is 0.683. The van der Waals surface area contributed by atoms with E-state index in [9.17, 15) is 5.11 Å². The molecule has 2 rings (SSSR count). The van der Waals surface area contributed by atoms with Gasteiger partial charge in [-0.2, -0.15) is 0 Å². The zero-order valence-electron chi connectivity index (χ0n) is 10.8. The van der Waals surface area contributed by atoms with E-state index in [-0.39, 0.29) is 11.7 Å². The monoisotopic (exact) mass is 392 g/mol. The number of halogens is 2. The number of terminal acetylenes is 1. The Morgan fingerprint density at radius 1 is 1.05 bits per heavy atom. The lowest BCUT2D eigenvalue weighted by Crippen LogP contribution is -2.01. The van der Waals surface area contributed by atoms with Gasteiger partial charge >= 0.3 is 0 Å². The van der Waals surface area contributed by atoms with E-state index < -0.39 is 0 Å². The lowest BCUT2D eigenvalue weighted by molar-refractivity contribution is 0.468. The van der Waals surface area contributed by atoms with Gasteiger partial charge in [-0.1, -0.05) is 30.3 Å². The van der Waals surface area contributed by atoms with Crippen LogP contribution in [-0.2, 0) is 0 Å². The van der Waals surface area contributed by atoms with E-state index in [1.165, 1.54) is 5.56 Å². The molecule has 1 atom stereocenters. The predicted octanol–water partition coefficient (Wildman–Crippen LogP) is 5.46.